The van der Waals surface area contributed by atoms with Gasteiger partial charge in [-0.1, -0.05) is 50.9 Å². The van der Waals surface area contributed by atoms with Gasteiger partial charge in [0.15, 0.2) is 5.78 Å². The van der Waals surface area contributed by atoms with Gasteiger partial charge in [0.1, 0.15) is 12.6 Å². The topological polar surface area (TPSA) is 116 Å². The maximum absolute atomic E-state index is 12.4. The molecule has 0 aliphatic heterocycles. The molecule has 192 valence electrons. The van der Waals surface area contributed by atoms with Crippen LogP contribution < -0.4 is 10.6 Å². The molecule has 0 bridgehead atoms. The smallest absolute Gasteiger partial charge is 0.251 e. The van der Waals surface area contributed by atoms with Crippen molar-refractivity contribution in [2.75, 3.05) is 11.9 Å². The van der Waals surface area contributed by atoms with E-state index in [-0.39, 0.29) is 5.91 Å². The second-order valence-corrected chi connectivity index (χ2v) is 8.79. The third kappa shape index (κ3) is 10.0. The molecule has 7 nitrogen and oxygen atoms in total. The molecule has 0 fully saturated rings. The molecule has 0 aliphatic carbocycles. The SMILES string of the molecule is CCCCCCCCC(=O)Nc1ccc(C#Cc2ccc(C(=O)N[C@H](C(=O)CO)[C@@H](C)O)cc2)cc1. The van der Waals surface area contributed by atoms with Crippen molar-refractivity contribution in [1.29, 1.82) is 0 Å². The highest BCUT2D eigenvalue weighted by Gasteiger charge is 2.25. The van der Waals surface area contributed by atoms with Gasteiger partial charge in [-0.25, -0.2) is 0 Å². The van der Waals surface area contributed by atoms with Crippen LogP contribution in [0, 0.1) is 11.8 Å². The summed E-state index contributed by atoms with van der Waals surface area (Å²) in [6.45, 7) is 2.79. The van der Waals surface area contributed by atoms with Crippen molar-refractivity contribution in [3.63, 3.8) is 0 Å². The normalized spacial score (nSPS) is 12.1. The molecule has 0 spiro atoms. The van der Waals surface area contributed by atoms with Crippen LogP contribution in [0.3, 0.4) is 0 Å². The van der Waals surface area contributed by atoms with E-state index in [1.807, 2.05) is 24.3 Å². The van der Waals surface area contributed by atoms with Gasteiger partial charge in [0, 0.05) is 28.8 Å². The van der Waals surface area contributed by atoms with Crippen LogP contribution in [0.2, 0.25) is 0 Å². The van der Waals surface area contributed by atoms with E-state index < -0.39 is 30.4 Å². The highest BCUT2D eigenvalue weighted by molar-refractivity contribution is 5.98. The minimum absolute atomic E-state index is 0.0222. The lowest BCUT2D eigenvalue weighted by Gasteiger charge is -2.19. The average molecular weight is 493 g/mol. The predicted octanol–water partition coefficient (Wildman–Crippen LogP) is 3.82. The Balaban J connectivity index is 1.87. The molecule has 0 aromatic heterocycles. The molecule has 2 rings (SSSR count). The van der Waals surface area contributed by atoms with Gasteiger partial charge in [-0.05, 0) is 61.9 Å². The first-order valence-corrected chi connectivity index (χ1v) is 12.5. The van der Waals surface area contributed by atoms with E-state index in [1.165, 1.54) is 32.6 Å². The third-order valence-corrected chi connectivity index (χ3v) is 5.70. The number of aliphatic hydroxyl groups is 2. The lowest BCUT2D eigenvalue weighted by Crippen LogP contribution is -2.48. The van der Waals surface area contributed by atoms with Crippen LogP contribution in [-0.4, -0.2) is 46.6 Å². The van der Waals surface area contributed by atoms with Crippen molar-refractivity contribution in [2.45, 2.75) is 70.9 Å². The van der Waals surface area contributed by atoms with E-state index in [0.717, 1.165) is 24.1 Å². The van der Waals surface area contributed by atoms with E-state index >= 15 is 0 Å². The number of carbonyl (C=O) groups is 3. The number of rotatable bonds is 13. The summed E-state index contributed by atoms with van der Waals surface area (Å²) in [6.07, 6.45) is 6.27. The van der Waals surface area contributed by atoms with E-state index in [0.29, 0.717) is 17.5 Å². The molecule has 0 radical (unpaired) electrons. The summed E-state index contributed by atoms with van der Waals surface area (Å²) in [5.41, 5.74) is 2.52. The molecule has 0 aliphatic rings. The van der Waals surface area contributed by atoms with E-state index in [1.54, 1.807) is 24.3 Å². The van der Waals surface area contributed by atoms with Crippen LogP contribution in [0.25, 0.3) is 0 Å². The van der Waals surface area contributed by atoms with E-state index in [9.17, 15) is 19.5 Å². The lowest BCUT2D eigenvalue weighted by atomic mass is 10.1. The van der Waals surface area contributed by atoms with Crippen LogP contribution in [0.4, 0.5) is 5.69 Å². The minimum atomic E-state index is -1.18. The molecule has 2 aromatic rings. The van der Waals surface area contributed by atoms with Crippen LogP contribution in [-0.2, 0) is 9.59 Å². The van der Waals surface area contributed by atoms with Crippen LogP contribution in [0.15, 0.2) is 48.5 Å². The number of hydrogen-bond donors (Lipinski definition) is 4. The second kappa shape index (κ2) is 15.5. The molecule has 4 N–H and O–H groups in total. The fraction of sp³-hybridized carbons (Fsp3) is 0.414. The zero-order valence-electron chi connectivity index (χ0n) is 21.0. The van der Waals surface area contributed by atoms with Gasteiger partial charge in [0.05, 0.1) is 6.10 Å². The Morgan fingerprint density at radius 2 is 1.42 bits per heavy atom. The Labute approximate surface area is 213 Å². The number of carbonyl (C=O) groups excluding carboxylic acids is 3. The summed E-state index contributed by atoms with van der Waals surface area (Å²) in [5, 5.41) is 24.0. The average Bonchev–Trinajstić information content (AvgIpc) is 2.88. The molecule has 0 heterocycles. The molecule has 2 atom stereocenters. The minimum Gasteiger partial charge on any atom is -0.391 e. The number of unbranched alkanes of at least 4 members (excludes halogenated alkanes) is 5. The summed E-state index contributed by atoms with van der Waals surface area (Å²) in [4.78, 5) is 36.2. The summed E-state index contributed by atoms with van der Waals surface area (Å²) in [6, 6.07) is 12.7. The zero-order chi connectivity index (χ0) is 26.3. The van der Waals surface area contributed by atoms with Gasteiger partial charge < -0.3 is 20.8 Å². The van der Waals surface area contributed by atoms with Gasteiger partial charge >= 0.3 is 0 Å². The van der Waals surface area contributed by atoms with Crippen LogP contribution in [0.1, 0.15) is 80.3 Å². The summed E-state index contributed by atoms with van der Waals surface area (Å²) in [7, 11) is 0. The Morgan fingerprint density at radius 1 is 0.861 bits per heavy atom. The highest BCUT2D eigenvalue weighted by Crippen LogP contribution is 2.12. The van der Waals surface area contributed by atoms with Gasteiger partial charge in [-0.2, -0.15) is 0 Å². The number of nitrogens with one attached hydrogen (secondary N) is 2. The van der Waals surface area contributed by atoms with Crippen LogP contribution in [0.5, 0.6) is 0 Å². The van der Waals surface area contributed by atoms with Gasteiger partial charge in [0.25, 0.3) is 5.91 Å². The zero-order valence-corrected chi connectivity index (χ0v) is 21.0. The standard InChI is InChI=1S/C29H36N2O5/c1-3-4-5-6-7-8-9-27(35)30-25-18-14-23(15-19-25)11-10-22-12-16-24(17-13-22)29(36)31-28(21(2)33)26(34)20-32/h12-19,21,28,32-33H,3-9,20H2,1-2H3,(H,30,35)(H,31,36)/t21-,28+/m1/s1. The first-order valence-electron chi connectivity index (χ1n) is 12.5. The monoisotopic (exact) mass is 492 g/mol. The summed E-state index contributed by atoms with van der Waals surface area (Å²) < 4.78 is 0. The molecular weight excluding hydrogens is 456 g/mol. The largest absolute Gasteiger partial charge is 0.391 e. The quantitative estimate of drug-likeness (QED) is 0.251. The molecule has 0 unspecified atom stereocenters. The fourth-order valence-corrected chi connectivity index (χ4v) is 3.57. The molecule has 7 heteroatoms. The van der Waals surface area contributed by atoms with Gasteiger partial charge in [-0.15, -0.1) is 0 Å². The van der Waals surface area contributed by atoms with E-state index in [4.69, 9.17) is 5.11 Å². The fourth-order valence-electron chi connectivity index (χ4n) is 3.57. The Kier molecular flexibility index (Phi) is 12.4. The summed E-state index contributed by atoms with van der Waals surface area (Å²) >= 11 is 0. The third-order valence-electron chi connectivity index (χ3n) is 5.70. The summed E-state index contributed by atoms with van der Waals surface area (Å²) in [5.74, 6) is 4.90. The van der Waals surface area contributed by atoms with Crippen molar-refractivity contribution in [3.8, 4) is 11.8 Å². The molecule has 2 aromatic carbocycles. The molecule has 2 amide bonds. The number of benzene rings is 2. The van der Waals surface area contributed by atoms with Crippen molar-refractivity contribution in [2.24, 2.45) is 0 Å². The highest BCUT2D eigenvalue weighted by atomic mass is 16.3. The Bertz CT molecular complexity index is 1050. The van der Waals surface area contributed by atoms with Crippen molar-refractivity contribution in [3.05, 3.63) is 65.2 Å². The number of aliphatic hydroxyl groups excluding tert-OH is 2. The number of amides is 2. The van der Waals surface area contributed by atoms with E-state index in [2.05, 4.69) is 29.4 Å². The first-order chi connectivity index (χ1) is 17.3. The van der Waals surface area contributed by atoms with Crippen molar-refractivity contribution in [1.82, 2.24) is 5.32 Å². The lowest BCUT2D eigenvalue weighted by molar-refractivity contribution is -0.126. The van der Waals surface area contributed by atoms with Crippen LogP contribution >= 0.6 is 0 Å². The number of ketones is 1. The Hall–Kier alpha value is -3.47. The predicted molar refractivity (Wildman–Crippen MR) is 141 cm³/mol. The van der Waals surface area contributed by atoms with Gasteiger partial charge in [-0.3, -0.25) is 14.4 Å². The number of hydrogen-bond acceptors (Lipinski definition) is 5. The number of Topliss-reactive ketones (excluding diaryl/α,β-unsaturated/α-hetero) is 1. The maximum atomic E-state index is 12.4. The van der Waals surface area contributed by atoms with Crippen molar-refractivity contribution >= 4 is 23.3 Å². The maximum Gasteiger partial charge on any atom is 0.251 e. The van der Waals surface area contributed by atoms with Crippen molar-refractivity contribution < 1.29 is 24.6 Å². The second-order valence-electron chi connectivity index (χ2n) is 8.79. The molecule has 0 saturated heterocycles. The number of anilines is 1. The Morgan fingerprint density at radius 3 is 1.97 bits per heavy atom. The molecular formula is C29H36N2O5. The molecule has 0 saturated carbocycles. The van der Waals surface area contributed by atoms with Gasteiger partial charge in [0.2, 0.25) is 5.91 Å². The first kappa shape index (κ1) is 28.8. The molecule has 36 heavy (non-hydrogen) atoms.